The number of thiazole rings is 1. The Morgan fingerprint density at radius 2 is 2.17 bits per heavy atom. The summed E-state index contributed by atoms with van der Waals surface area (Å²) < 4.78 is 10.0. The molecule has 2 aromatic heterocycles. The van der Waals surface area contributed by atoms with Gasteiger partial charge in [-0.05, 0) is 18.9 Å². The van der Waals surface area contributed by atoms with Crippen molar-refractivity contribution in [2.45, 2.75) is 38.1 Å². The van der Waals surface area contributed by atoms with E-state index in [9.17, 15) is 9.59 Å². The van der Waals surface area contributed by atoms with Crippen molar-refractivity contribution in [1.82, 2.24) is 10.3 Å². The van der Waals surface area contributed by atoms with Crippen LogP contribution >= 0.6 is 11.3 Å². The molecule has 23 heavy (non-hydrogen) atoms. The van der Waals surface area contributed by atoms with Gasteiger partial charge in [0.05, 0.1) is 12.5 Å². The van der Waals surface area contributed by atoms with Crippen molar-refractivity contribution in [2.24, 2.45) is 0 Å². The van der Waals surface area contributed by atoms with Crippen molar-refractivity contribution in [3.05, 3.63) is 29.7 Å². The van der Waals surface area contributed by atoms with E-state index in [-0.39, 0.29) is 18.6 Å². The largest absolute Gasteiger partial charge is 0.472 e. The van der Waals surface area contributed by atoms with Crippen molar-refractivity contribution < 1.29 is 18.7 Å². The lowest BCUT2D eigenvalue weighted by Crippen LogP contribution is -2.38. The number of hydrogen-bond acceptors (Lipinski definition) is 6. The molecule has 0 atom stereocenters. The average Bonchev–Trinajstić information content (AvgIpc) is 3.24. The summed E-state index contributed by atoms with van der Waals surface area (Å²) in [5, 5.41) is 3.59. The molecule has 7 heteroatoms. The van der Waals surface area contributed by atoms with Gasteiger partial charge in [-0.2, -0.15) is 0 Å². The summed E-state index contributed by atoms with van der Waals surface area (Å²) in [6.07, 6.45) is 10.1. The fraction of sp³-hybridized carbons (Fsp3) is 0.438. The number of carbonyl (C=O) groups excluding carboxylic acids is 2. The maximum absolute atomic E-state index is 12.0. The summed E-state index contributed by atoms with van der Waals surface area (Å²) >= 11 is 1.21. The fourth-order valence-corrected chi connectivity index (χ4v) is 3.40. The van der Waals surface area contributed by atoms with Gasteiger partial charge in [-0.25, -0.2) is 9.78 Å². The molecule has 2 heterocycles. The molecular weight excluding hydrogens is 316 g/mol. The van der Waals surface area contributed by atoms with Gasteiger partial charge in [0.2, 0.25) is 0 Å². The number of hydrogen-bond donors (Lipinski definition) is 1. The molecular formula is C16H18N2O4S. The van der Waals surface area contributed by atoms with Crippen molar-refractivity contribution in [1.29, 1.82) is 0 Å². The number of carbonyl (C=O) groups is 2. The van der Waals surface area contributed by atoms with Gasteiger partial charge in [0.15, 0.2) is 6.61 Å². The van der Waals surface area contributed by atoms with E-state index >= 15 is 0 Å². The lowest BCUT2D eigenvalue weighted by molar-refractivity contribution is -0.125. The van der Waals surface area contributed by atoms with Crippen LogP contribution in [0.15, 0.2) is 29.2 Å². The van der Waals surface area contributed by atoms with Crippen LogP contribution < -0.4 is 5.32 Å². The van der Waals surface area contributed by atoms with Crippen LogP contribution in [0.3, 0.4) is 0 Å². The maximum Gasteiger partial charge on any atom is 0.350 e. The lowest BCUT2D eigenvalue weighted by Gasteiger charge is -2.22. The van der Waals surface area contributed by atoms with Crippen molar-refractivity contribution in [3.8, 4) is 10.6 Å². The average molecular weight is 334 g/mol. The van der Waals surface area contributed by atoms with Crippen molar-refractivity contribution in [3.63, 3.8) is 0 Å². The second kappa shape index (κ2) is 7.41. The molecule has 0 aliphatic heterocycles. The molecule has 0 bridgehead atoms. The zero-order chi connectivity index (χ0) is 16.1. The molecule has 1 aliphatic carbocycles. The van der Waals surface area contributed by atoms with Gasteiger partial charge < -0.3 is 14.5 Å². The van der Waals surface area contributed by atoms with E-state index in [4.69, 9.17) is 9.15 Å². The highest BCUT2D eigenvalue weighted by Gasteiger charge is 2.18. The van der Waals surface area contributed by atoms with Gasteiger partial charge >= 0.3 is 5.97 Å². The summed E-state index contributed by atoms with van der Waals surface area (Å²) in [7, 11) is 0. The number of rotatable bonds is 5. The quantitative estimate of drug-likeness (QED) is 0.850. The third kappa shape index (κ3) is 4.19. The van der Waals surface area contributed by atoms with Crippen LogP contribution in [0.25, 0.3) is 10.6 Å². The zero-order valence-corrected chi connectivity index (χ0v) is 13.4. The smallest absolute Gasteiger partial charge is 0.350 e. The summed E-state index contributed by atoms with van der Waals surface area (Å²) in [5.41, 5.74) is 0.809. The minimum Gasteiger partial charge on any atom is -0.472 e. The van der Waals surface area contributed by atoms with Crippen LogP contribution in [0.1, 0.15) is 41.8 Å². The van der Waals surface area contributed by atoms with Crippen LogP contribution in [-0.2, 0) is 9.53 Å². The van der Waals surface area contributed by atoms with E-state index in [2.05, 4.69) is 10.3 Å². The number of nitrogens with one attached hydrogen (secondary N) is 1. The Labute approximate surface area is 137 Å². The van der Waals surface area contributed by atoms with Gasteiger partial charge in [0, 0.05) is 11.6 Å². The zero-order valence-electron chi connectivity index (χ0n) is 12.6. The normalized spacial score (nSPS) is 15.3. The molecule has 2 aromatic rings. The Hall–Kier alpha value is -2.15. The molecule has 0 radical (unpaired) electrons. The molecule has 1 amide bonds. The molecule has 1 saturated carbocycles. The molecule has 1 aliphatic rings. The summed E-state index contributed by atoms with van der Waals surface area (Å²) in [6.45, 7) is -0.256. The molecule has 0 saturated heterocycles. The van der Waals surface area contributed by atoms with E-state index in [1.807, 2.05) is 0 Å². The molecule has 122 valence electrons. The summed E-state index contributed by atoms with van der Waals surface area (Å²) in [6, 6.07) is 1.98. The fourth-order valence-electron chi connectivity index (χ4n) is 2.61. The van der Waals surface area contributed by atoms with Gasteiger partial charge in [0.1, 0.15) is 16.1 Å². The van der Waals surface area contributed by atoms with Crippen LogP contribution in [0, 0.1) is 0 Å². The first-order chi connectivity index (χ1) is 11.2. The van der Waals surface area contributed by atoms with Gasteiger partial charge in [-0.3, -0.25) is 4.79 Å². The highest BCUT2D eigenvalue weighted by Crippen LogP contribution is 2.25. The highest BCUT2D eigenvalue weighted by atomic mass is 32.1. The molecule has 3 rings (SSSR count). The number of furan rings is 1. The van der Waals surface area contributed by atoms with Crippen molar-refractivity contribution >= 4 is 23.2 Å². The number of ether oxygens (including phenoxy) is 1. The number of esters is 1. The Kier molecular flexibility index (Phi) is 5.07. The van der Waals surface area contributed by atoms with Crippen LogP contribution in [0.2, 0.25) is 0 Å². The Morgan fingerprint density at radius 3 is 2.91 bits per heavy atom. The molecule has 0 aromatic carbocycles. The SMILES string of the molecule is O=C(COC(=O)c1cnc(-c2ccoc2)s1)NC1CCCCC1. The van der Waals surface area contributed by atoms with Gasteiger partial charge in [0.25, 0.3) is 5.91 Å². The van der Waals surface area contributed by atoms with E-state index < -0.39 is 5.97 Å². The maximum atomic E-state index is 12.0. The van der Waals surface area contributed by atoms with Gasteiger partial charge in [-0.15, -0.1) is 11.3 Å². The number of nitrogens with zero attached hydrogens (tertiary/aromatic N) is 1. The third-order valence-corrected chi connectivity index (χ3v) is 4.81. The molecule has 0 unspecified atom stereocenters. The highest BCUT2D eigenvalue weighted by molar-refractivity contribution is 7.16. The Balaban J connectivity index is 1.48. The van der Waals surface area contributed by atoms with E-state index in [1.165, 1.54) is 24.0 Å². The van der Waals surface area contributed by atoms with E-state index in [1.54, 1.807) is 18.6 Å². The third-order valence-electron chi connectivity index (χ3n) is 3.78. The Bertz CT molecular complexity index is 659. The first-order valence-corrected chi connectivity index (χ1v) is 8.49. The van der Waals surface area contributed by atoms with Gasteiger partial charge in [-0.1, -0.05) is 19.3 Å². The lowest BCUT2D eigenvalue weighted by atomic mass is 9.95. The standard InChI is InChI=1S/C16H18N2O4S/c19-14(18-12-4-2-1-3-5-12)10-22-16(20)13-8-17-15(23-13)11-6-7-21-9-11/h6-9,12H,1-5,10H2,(H,18,19). The van der Waals surface area contributed by atoms with E-state index in [0.717, 1.165) is 31.2 Å². The monoisotopic (exact) mass is 334 g/mol. The first kappa shape index (κ1) is 15.7. The van der Waals surface area contributed by atoms with Crippen molar-refractivity contribution in [2.75, 3.05) is 6.61 Å². The second-order valence-electron chi connectivity index (χ2n) is 5.52. The van der Waals surface area contributed by atoms with E-state index in [0.29, 0.717) is 9.88 Å². The molecule has 6 nitrogen and oxygen atoms in total. The van der Waals surface area contributed by atoms with Crippen LogP contribution in [0.4, 0.5) is 0 Å². The minimum absolute atomic E-state index is 0.214. The number of amides is 1. The predicted octanol–water partition coefficient (Wildman–Crippen LogP) is 3.01. The first-order valence-electron chi connectivity index (χ1n) is 7.67. The van der Waals surface area contributed by atoms with Crippen LogP contribution in [0.5, 0.6) is 0 Å². The predicted molar refractivity (Wildman–Crippen MR) is 85.1 cm³/mol. The van der Waals surface area contributed by atoms with Crippen LogP contribution in [-0.4, -0.2) is 29.5 Å². The minimum atomic E-state index is -0.531. The molecule has 1 fully saturated rings. The summed E-state index contributed by atoms with van der Waals surface area (Å²) in [5.74, 6) is -0.777. The topological polar surface area (TPSA) is 81.4 Å². The Morgan fingerprint density at radius 1 is 1.35 bits per heavy atom. The molecule has 1 N–H and O–H groups in total. The number of aromatic nitrogens is 1. The summed E-state index contributed by atoms with van der Waals surface area (Å²) in [4.78, 5) is 28.3. The molecule has 0 spiro atoms. The second-order valence-corrected chi connectivity index (χ2v) is 6.55.